The van der Waals surface area contributed by atoms with Crippen molar-refractivity contribution in [2.45, 2.75) is 57.7 Å². The Morgan fingerprint density at radius 3 is 2.76 bits per heavy atom. The highest BCUT2D eigenvalue weighted by Gasteiger charge is 2.43. The van der Waals surface area contributed by atoms with Gasteiger partial charge in [-0.15, -0.1) is 11.3 Å². The van der Waals surface area contributed by atoms with Crippen molar-refractivity contribution in [3.05, 3.63) is 16.6 Å². The standard InChI is InChI=1S/C15H21N3O2S/c1-10-15(20)18(8-12-7-16-9-21-12)13(14(19)17-10)11-5-3-2-4-6-11/h7,9-11,13H,2-6,8H2,1H3,(H,17,19). The molecule has 2 fully saturated rings. The molecule has 0 radical (unpaired) electrons. The number of rotatable bonds is 3. The number of carbonyl (C=O) groups excluding carboxylic acids is 2. The molecule has 3 rings (SSSR count). The molecule has 2 aliphatic rings. The second-order valence-electron chi connectivity index (χ2n) is 6.01. The average molecular weight is 307 g/mol. The average Bonchev–Trinajstić information content (AvgIpc) is 2.98. The molecule has 6 heteroatoms. The summed E-state index contributed by atoms with van der Waals surface area (Å²) in [5.41, 5.74) is 1.77. The summed E-state index contributed by atoms with van der Waals surface area (Å²) in [5, 5.41) is 2.84. The van der Waals surface area contributed by atoms with Gasteiger partial charge in [0.15, 0.2) is 0 Å². The van der Waals surface area contributed by atoms with Crippen molar-refractivity contribution in [1.82, 2.24) is 15.2 Å². The number of hydrogen-bond acceptors (Lipinski definition) is 4. The summed E-state index contributed by atoms with van der Waals surface area (Å²) >= 11 is 1.53. The van der Waals surface area contributed by atoms with E-state index in [9.17, 15) is 9.59 Å². The number of piperazine rings is 1. The van der Waals surface area contributed by atoms with Gasteiger partial charge in [-0.3, -0.25) is 14.6 Å². The van der Waals surface area contributed by atoms with E-state index < -0.39 is 6.04 Å². The van der Waals surface area contributed by atoms with Crippen molar-refractivity contribution in [1.29, 1.82) is 0 Å². The zero-order valence-electron chi connectivity index (χ0n) is 12.2. The monoisotopic (exact) mass is 307 g/mol. The van der Waals surface area contributed by atoms with Crippen LogP contribution < -0.4 is 5.32 Å². The van der Waals surface area contributed by atoms with Crippen molar-refractivity contribution in [2.24, 2.45) is 5.92 Å². The molecule has 2 amide bonds. The first kappa shape index (κ1) is 14.5. The van der Waals surface area contributed by atoms with Gasteiger partial charge in [0.05, 0.1) is 12.1 Å². The third-order valence-electron chi connectivity index (χ3n) is 4.52. The molecule has 1 aliphatic carbocycles. The quantitative estimate of drug-likeness (QED) is 0.928. The molecule has 2 unspecified atom stereocenters. The van der Waals surface area contributed by atoms with E-state index in [2.05, 4.69) is 10.3 Å². The van der Waals surface area contributed by atoms with E-state index in [0.29, 0.717) is 12.5 Å². The lowest BCUT2D eigenvalue weighted by Gasteiger charge is -2.42. The molecular formula is C15H21N3O2S. The van der Waals surface area contributed by atoms with Crippen LogP contribution in [0.3, 0.4) is 0 Å². The molecule has 0 aromatic carbocycles. The van der Waals surface area contributed by atoms with E-state index in [4.69, 9.17) is 0 Å². The van der Waals surface area contributed by atoms with Gasteiger partial charge in [-0.25, -0.2) is 0 Å². The summed E-state index contributed by atoms with van der Waals surface area (Å²) in [6.45, 7) is 2.26. The van der Waals surface area contributed by atoms with Crippen LogP contribution in [0.15, 0.2) is 11.7 Å². The van der Waals surface area contributed by atoms with Crippen LogP contribution in [0.1, 0.15) is 43.9 Å². The van der Waals surface area contributed by atoms with Crippen molar-refractivity contribution in [3.8, 4) is 0 Å². The lowest BCUT2D eigenvalue weighted by molar-refractivity contribution is -0.152. The van der Waals surface area contributed by atoms with Gasteiger partial charge in [0, 0.05) is 11.1 Å². The summed E-state index contributed by atoms with van der Waals surface area (Å²) in [4.78, 5) is 31.9. The third-order valence-corrected chi connectivity index (χ3v) is 5.29. The fourth-order valence-corrected chi connectivity index (χ4v) is 4.06. The van der Waals surface area contributed by atoms with E-state index in [-0.39, 0.29) is 17.9 Å². The van der Waals surface area contributed by atoms with Crippen LogP contribution in [0.4, 0.5) is 0 Å². The van der Waals surface area contributed by atoms with Crippen LogP contribution in [0.2, 0.25) is 0 Å². The van der Waals surface area contributed by atoms with Gasteiger partial charge in [-0.05, 0) is 25.7 Å². The molecule has 2 heterocycles. The van der Waals surface area contributed by atoms with Crippen molar-refractivity contribution in [3.63, 3.8) is 0 Å². The van der Waals surface area contributed by atoms with Gasteiger partial charge in [0.25, 0.3) is 0 Å². The number of carbonyl (C=O) groups is 2. The number of nitrogens with one attached hydrogen (secondary N) is 1. The fraction of sp³-hybridized carbons (Fsp3) is 0.667. The number of aromatic nitrogens is 1. The number of nitrogens with zero attached hydrogens (tertiary/aromatic N) is 2. The second-order valence-corrected chi connectivity index (χ2v) is 6.98. The maximum absolute atomic E-state index is 12.5. The molecule has 5 nitrogen and oxygen atoms in total. The normalized spacial score (nSPS) is 27.8. The maximum atomic E-state index is 12.5. The van der Waals surface area contributed by atoms with E-state index in [1.807, 2.05) is 0 Å². The zero-order valence-corrected chi connectivity index (χ0v) is 13.1. The molecule has 1 saturated carbocycles. The summed E-state index contributed by atoms with van der Waals surface area (Å²) in [5.74, 6) is 0.334. The first-order valence-corrected chi connectivity index (χ1v) is 8.53. The molecule has 1 aliphatic heterocycles. The van der Waals surface area contributed by atoms with Crippen LogP contribution in [0.5, 0.6) is 0 Å². The molecule has 1 aromatic heterocycles. The topological polar surface area (TPSA) is 62.3 Å². The Labute approximate surface area is 128 Å². The Balaban J connectivity index is 1.84. The first-order valence-electron chi connectivity index (χ1n) is 7.65. The van der Waals surface area contributed by atoms with Crippen molar-refractivity contribution in [2.75, 3.05) is 0 Å². The maximum Gasteiger partial charge on any atom is 0.245 e. The Bertz CT molecular complexity index is 511. The van der Waals surface area contributed by atoms with E-state index in [1.54, 1.807) is 23.5 Å². The molecule has 114 valence electrons. The Hall–Kier alpha value is -1.43. The van der Waals surface area contributed by atoms with Crippen molar-refractivity contribution < 1.29 is 9.59 Å². The van der Waals surface area contributed by atoms with E-state index >= 15 is 0 Å². The molecule has 0 spiro atoms. The largest absolute Gasteiger partial charge is 0.343 e. The van der Waals surface area contributed by atoms with Gasteiger partial charge in [0.1, 0.15) is 12.1 Å². The van der Waals surface area contributed by atoms with Crippen LogP contribution >= 0.6 is 11.3 Å². The van der Waals surface area contributed by atoms with Gasteiger partial charge in [-0.2, -0.15) is 0 Å². The smallest absolute Gasteiger partial charge is 0.245 e. The number of hydrogen-bond donors (Lipinski definition) is 1. The predicted molar refractivity (Wildman–Crippen MR) is 80.6 cm³/mol. The van der Waals surface area contributed by atoms with Crippen molar-refractivity contribution >= 4 is 23.2 Å². The molecular weight excluding hydrogens is 286 g/mol. The highest BCUT2D eigenvalue weighted by Crippen LogP contribution is 2.32. The zero-order chi connectivity index (χ0) is 14.8. The van der Waals surface area contributed by atoms with Gasteiger partial charge >= 0.3 is 0 Å². The summed E-state index contributed by atoms with van der Waals surface area (Å²) in [6.07, 6.45) is 7.42. The van der Waals surface area contributed by atoms with E-state index in [1.165, 1.54) is 17.8 Å². The predicted octanol–water partition coefficient (Wildman–Crippen LogP) is 1.94. The van der Waals surface area contributed by atoms with E-state index in [0.717, 1.165) is 30.6 Å². The molecule has 1 saturated heterocycles. The summed E-state index contributed by atoms with van der Waals surface area (Å²) in [7, 11) is 0. The van der Waals surface area contributed by atoms with Crippen LogP contribution in [-0.2, 0) is 16.1 Å². The third kappa shape index (κ3) is 2.95. The number of amides is 2. The van der Waals surface area contributed by atoms with Crippen LogP contribution in [0, 0.1) is 5.92 Å². The molecule has 1 aromatic rings. The second kappa shape index (κ2) is 6.13. The molecule has 1 N–H and O–H groups in total. The summed E-state index contributed by atoms with van der Waals surface area (Å²) in [6, 6.07) is -0.735. The lowest BCUT2D eigenvalue weighted by Crippen LogP contribution is -2.64. The Morgan fingerprint density at radius 2 is 2.10 bits per heavy atom. The Kier molecular flexibility index (Phi) is 4.24. The SMILES string of the molecule is CC1NC(=O)C(C2CCCCC2)N(Cc2cncs2)C1=O. The molecule has 21 heavy (non-hydrogen) atoms. The molecule has 2 atom stereocenters. The minimum atomic E-state index is -0.426. The minimum Gasteiger partial charge on any atom is -0.343 e. The van der Waals surface area contributed by atoms with Gasteiger partial charge in [-0.1, -0.05) is 19.3 Å². The molecule has 0 bridgehead atoms. The Morgan fingerprint density at radius 1 is 1.33 bits per heavy atom. The highest BCUT2D eigenvalue weighted by molar-refractivity contribution is 7.09. The lowest BCUT2D eigenvalue weighted by atomic mass is 9.81. The summed E-state index contributed by atoms with van der Waals surface area (Å²) < 4.78 is 0. The first-order chi connectivity index (χ1) is 10.2. The fourth-order valence-electron chi connectivity index (χ4n) is 3.47. The van der Waals surface area contributed by atoms with Gasteiger partial charge in [0.2, 0.25) is 11.8 Å². The van der Waals surface area contributed by atoms with Crippen LogP contribution in [0.25, 0.3) is 0 Å². The van der Waals surface area contributed by atoms with Gasteiger partial charge < -0.3 is 10.2 Å². The number of thiazole rings is 1. The van der Waals surface area contributed by atoms with Crippen LogP contribution in [-0.4, -0.2) is 33.8 Å². The minimum absolute atomic E-state index is 0.0125. The highest BCUT2D eigenvalue weighted by atomic mass is 32.1.